The van der Waals surface area contributed by atoms with Gasteiger partial charge in [-0.1, -0.05) is 18.2 Å². The van der Waals surface area contributed by atoms with Crippen LogP contribution in [-0.2, 0) is 32.2 Å². The lowest BCUT2D eigenvalue weighted by Gasteiger charge is -2.31. The van der Waals surface area contributed by atoms with Crippen LogP contribution < -0.4 is 4.74 Å². The predicted molar refractivity (Wildman–Crippen MR) is 150 cm³/mol. The molecule has 204 valence electrons. The quantitative estimate of drug-likeness (QED) is 0.272. The summed E-state index contributed by atoms with van der Waals surface area (Å²) in [5, 5.41) is 1.32. The maximum absolute atomic E-state index is 13.3. The largest absolute Gasteiger partial charge is 0.491 e. The van der Waals surface area contributed by atoms with E-state index < -0.39 is 20.8 Å². The molecule has 1 aliphatic rings. The van der Waals surface area contributed by atoms with Crippen molar-refractivity contribution in [3.8, 4) is 5.75 Å². The van der Waals surface area contributed by atoms with Gasteiger partial charge >= 0.3 is 0 Å². The summed E-state index contributed by atoms with van der Waals surface area (Å²) in [6.45, 7) is 4.76. The summed E-state index contributed by atoms with van der Waals surface area (Å²) in [7, 11) is -5.06. The van der Waals surface area contributed by atoms with E-state index in [1.165, 1.54) is 4.31 Å². The van der Waals surface area contributed by atoms with Gasteiger partial charge in [-0.15, -0.1) is 0 Å². The highest BCUT2D eigenvalue weighted by Gasteiger charge is 2.31. The Morgan fingerprint density at radius 3 is 2.36 bits per heavy atom. The van der Waals surface area contributed by atoms with Gasteiger partial charge in [-0.05, 0) is 86.7 Å². The second kappa shape index (κ2) is 11.4. The van der Waals surface area contributed by atoms with E-state index in [-0.39, 0.29) is 23.5 Å². The molecule has 8 nitrogen and oxygen atoms in total. The van der Waals surface area contributed by atoms with Crippen LogP contribution in [0.5, 0.6) is 5.75 Å². The second-order valence-electron chi connectivity index (χ2n) is 9.82. The third-order valence-electron chi connectivity index (χ3n) is 6.87. The van der Waals surface area contributed by atoms with Crippen LogP contribution in [0.15, 0.2) is 87.7 Å². The van der Waals surface area contributed by atoms with Gasteiger partial charge in [-0.25, -0.2) is 17.6 Å². The average molecular weight is 566 g/mol. The fourth-order valence-corrected chi connectivity index (χ4v) is 7.48. The normalized spacial score (nSPS) is 16.0. The molecule has 4 aromatic rings. The van der Waals surface area contributed by atoms with Gasteiger partial charge in [0.2, 0.25) is 10.0 Å². The number of carbonyl (C=O) groups excluding carboxylic acids is 1. The molecule has 1 aliphatic heterocycles. The summed E-state index contributed by atoms with van der Waals surface area (Å²) < 4.78 is 48.6. The molecular weight excluding hydrogens is 534 g/mol. The van der Waals surface area contributed by atoms with E-state index in [1.807, 2.05) is 44.3 Å². The summed E-state index contributed by atoms with van der Waals surface area (Å²) in [5.41, 5.74) is 1.64. The first kappa shape index (κ1) is 27.2. The van der Waals surface area contributed by atoms with Gasteiger partial charge in [0, 0.05) is 29.6 Å². The minimum absolute atomic E-state index is 0.0109. The number of carbonyl (C=O) groups is 1. The van der Waals surface area contributed by atoms with Crippen molar-refractivity contribution in [3.05, 3.63) is 78.5 Å². The lowest BCUT2D eigenvalue weighted by molar-refractivity contribution is -0.108. The Hall–Kier alpha value is -3.34. The lowest BCUT2D eigenvalue weighted by atomic mass is 9.90. The smallest absolute Gasteiger partial charge is 0.243 e. The molecule has 2 aromatic carbocycles. The fourth-order valence-electron chi connectivity index (χ4n) is 5.01. The van der Waals surface area contributed by atoms with Crippen molar-refractivity contribution < 1.29 is 22.2 Å². The summed E-state index contributed by atoms with van der Waals surface area (Å²) in [4.78, 5) is 17.0. The van der Waals surface area contributed by atoms with E-state index >= 15 is 0 Å². The molecule has 1 fully saturated rings. The van der Waals surface area contributed by atoms with E-state index in [1.54, 1.807) is 47.0 Å². The first-order chi connectivity index (χ1) is 18.8. The molecule has 1 saturated heterocycles. The summed E-state index contributed by atoms with van der Waals surface area (Å²) >= 11 is 0. The molecule has 0 saturated carbocycles. The second-order valence-corrected chi connectivity index (χ2v) is 13.2. The van der Waals surface area contributed by atoms with Crippen molar-refractivity contribution in [2.24, 2.45) is 0 Å². The van der Waals surface area contributed by atoms with Crippen LogP contribution in [0.1, 0.15) is 38.2 Å². The van der Waals surface area contributed by atoms with Crippen LogP contribution in [0.3, 0.4) is 0 Å². The monoisotopic (exact) mass is 565 g/mol. The number of ether oxygens (including phenoxy) is 1. The number of fused-ring (bicyclic) bond motifs is 1. The van der Waals surface area contributed by atoms with Gasteiger partial charge in [0.25, 0.3) is 0 Å². The Bertz CT molecular complexity index is 1590. The minimum atomic E-state index is -3.62. The highest BCUT2D eigenvalue weighted by molar-refractivity contribution is 7.89. The van der Waals surface area contributed by atoms with Crippen molar-refractivity contribution in [2.45, 2.75) is 60.1 Å². The number of aromatic nitrogens is 2. The van der Waals surface area contributed by atoms with Crippen molar-refractivity contribution >= 4 is 38.1 Å². The first-order valence-electron chi connectivity index (χ1n) is 12.9. The van der Waals surface area contributed by atoms with Crippen LogP contribution in [0.2, 0.25) is 0 Å². The van der Waals surface area contributed by atoms with E-state index in [0.29, 0.717) is 47.2 Å². The zero-order chi connectivity index (χ0) is 27.6. The highest BCUT2D eigenvalue weighted by atomic mass is 32.2. The average Bonchev–Trinajstić information content (AvgIpc) is 3.31. The Morgan fingerprint density at radius 1 is 1.03 bits per heavy atom. The van der Waals surface area contributed by atoms with Crippen LogP contribution in [0, 0.1) is 0 Å². The Balaban J connectivity index is 1.36. The number of rotatable bonds is 9. The number of benzene rings is 2. The van der Waals surface area contributed by atoms with Crippen LogP contribution in [0.25, 0.3) is 11.0 Å². The Morgan fingerprint density at radius 2 is 1.72 bits per heavy atom. The van der Waals surface area contributed by atoms with Gasteiger partial charge in [-0.3, -0.25) is 0 Å². The molecule has 2 aromatic heterocycles. The van der Waals surface area contributed by atoms with Crippen molar-refractivity contribution in [3.63, 3.8) is 0 Å². The maximum atomic E-state index is 13.3. The van der Waals surface area contributed by atoms with Crippen molar-refractivity contribution in [2.75, 3.05) is 13.1 Å². The standard InChI is InChI=1S/C29H31N3O5S2/c1-21(2)37-23-8-10-25(11-9-23)39(35,36)32-16-14-22(15-17-32)27-20-31(18-19-33)29-26(27)12-13-28(30-29)38(34)24-6-4-3-5-7-24/h3-13,19-22H,14-18H2,1-2H3. The van der Waals surface area contributed by atoms with E-state index in [0.717, 1.165) is 17.2 Å². The first-order valence-corrected chi connectivity index (χ1v) is 15.5. The van der Waals surface area contributed by atoms with E-state index in [9.17, 15) is 17.4 Å². The summed E-state index contributed by atoms with van der Waals surface area (Å²) in [6, 6.07) is 19.4. The summed E-state index contributed by atoms with van der Waals surface area (Å²) in [5.74, 6) is 0.750. The third-order valence-corrected chi connectivity index (χ3v) is 10.1. The molecule has 0 amide bonds. The van der Waals surface area contributed by atoms with Gasteiger partial charge in [-0.2, -0.15) is 4.31 Å². The molecule has 5 rings (SSSR count). The van der Waals surface area contributed by atoms with Crippen molar-refractivity contribution in [1.29, 1.82) is 0 Å². The highest BCUT2D eigenvalue weighted by Crippen LogP contribution is 2.36. The number of pyridine rings is 1. The molecule has 39 heavy (non-hydrogen) atoms. The molecule has 1 unspecified atom stereocenters. The van der Waals surface area contributed by atoms with Crippen molar-refractivity contribution in [1.82, 2.24) is 13.9 Å². The van der Waals surface area contributed by atoms with Gasteiger partial charge < -0.3 is 14.1 Å². The zero-order valence-electron chi connectivity index (χ0n) is 21.9. The zero-order valence-corrected chi connectivity index (χ0v) is 23.5. The molecule has 0 spiro atoms. The molecule has 10 heteroatoms. The van der Waals surface area contributed by atoms with Gasteiger partial charge in [0.05, 0.1) is 17.5 Å². The fraction of sp³-hybridized carbons (Fsp3) is 0.310. The van der Waals surface area contributed by atoms with E-state index in [4.69, 9.17) is 9.72 Å². The molecule has 0 radical (unpaired) electrons. The van der Waals surface area contributed by atoms with Gasteiger partial charge in [0.1, 0.15) is 33.5 Å². The summed E-state index contributed by atoms with van der Waals surface area (Å²) in [6.07, 6.45) is 4.05. The van der Waals surface area contributed by atoms with Crippen LogP contribution in [0.4, 0.5) is 0 Å². The Kier molecular flexibility index (Phi) is 7.97. The molecular formula is C29H31N3O5S2. The van der Waals surface area contributed by atoms with Gasteiger partial charge in [0.15, 0.2) is 0 Å². The number of hydrogen-bond donors (Lipinski definition) is 0. The van der Waals surface area contributed by atoms with Crippen LogP contribution in [-0.4, -0.2) is 52.0 Å². The number of nitrogens with zero attached hydrogens (tertiary/aromatic N) is 3. The number of aldehydes is 1. The molecule has 0 N–H and O–H groups in total. The number of sulfonamides is 1. The topological polar surface area (TPSA) is 98.6 Å². The maximum Gasteiger partial charge on any atom is 0.243 e. The molecule has 0 aliphatic carbocycles. The van der Waals surface area contributed by atoms with Crippen LogP contribution >= 0.6 is 0 Å². The molecule has 0 bridgehead atoms. The molecule has 1 atom stereocenters. The number of hydrogen-bond acceptors (Lipinski definition) is 6. The van der Waals surface area contributed by atoms with E-state index in [2.05, 4.69) is 0 Å². The number of piperidine rings is 1. The lowest BCUT2D eigenvalue weighted by Crippen LogP contribution is -2.37. The third kappa shape index (κ3) is 5.68. The SMILES string of the molecule is CC(C)Oc1ccc(S(=O)(=O)N2CCC(c3cn(CC=O)c4nc(S(=O)c5ccccc5)ccc34)CC2)cc1. The molecule has 3 heterocycles. The predicted octanol–water partition coefficient (Wildman–Crippen LogP) is 4.76. The minimum Gasteiger partial charge on any atom is -0.491 e. The Labute approximate surface area is 231 Å².